The van der Waals surface area contributed by atoms with Crippen molar-refractivity contribution in [2.75, 3.05) is 13.1 Å². The van der Waals surface area contributed by atoms with Gasteiger partial charge in [-0.1, -0.05) is 41.5 Å². The number of amides is 4. The molecule has 0 saturated carbocycles. The normalized spacial score (nSPS) is 18.5. The van der Waals surface area contributed by atoms with Crippen molar-refractivity contribution in [3.63, 3.8) is 0 Å². The molecule has 31 heavy (non-hydrogen) atoms. The molecule has 8 heteroatoms. The summed E-state index contributed by atoms with van der Waals surface area (Å²) < 4.78 is 0. The Balaban J connectivity index is 0.000000316. The minimum Gasteiger partial charge on any atom is -0.299 e. The fraction of sp³-hybridized carbons (Fsp3) is 0.652. The maximum absolute atomic E-state index is 11.9. The van der Waals surface area contributed by atoms with Crippen LogP contribution in [0.5, 0.6) is 0 Å². The molecule has 0 aromatic rings. The van der Waals surface area contributed by atoms with Gasteiger partial charge in [-0.3, -0.25) is 38.6 Å². The summed E-state index contributed by atoms with van der Waals surface area (Å²) in [4.78, 5) is 70.8. The summed E-state index contributed by atoms with van der Waals surface area (Å²) >= 11 is 0. The number of imide groups is 2. The zero-order chi connectivity index (χ0) is 23.9. The topological polar surface area (TPSA) is 109 Å². The van der Waals surface area contributed by atoms with Gasteiger partial charge in [0.1, 0.15) is 11.6 Å². The second-order valence-electron chi connectivity index (χ2n) is 8.84. The molecule has 4 amide bonds. The summed E-state index contributed by atoms with van der Waals surface area (Å²) in [5.41, 5.74) is 0. The van der Waals surface area contributed by atoms with Gasteiger partial charge in [0.05, 0.1) is 0 Å². The number of likely N-dealkylation sites (tertiary alicyclic amines) is 1. The van der Waals surface area contributed by atoms with Gasteiger partial charge < -0.3 is 0 Å². The highest BCUT2D eigenvalue weighted by molar-refractivity contribution is 6.13. The minimum absolute atomic E-state index is 0.0382. The molecule has 1 fully saturated rings. The zero-order valence-corrected chi connectivity index (χ0v) is 19.3. The minimum atomic E-state index is -0.327. The van der Waals surface area contributed by atoms with Gasteiger partial charge in [-0.15, -0.1) is 0 Å². The van der Waals surface area contributed by atoms with Crippen LogP contribution in [0.2, 0.25) is 0 Å². The van der Waals surface area contributed by atoms with Crippen LogP contribution in [0.25, 0.3) is 0 Å². The molecule has 172 valence electrons. The Hall–Kier alpha value is -2.64. The number of hydrogen-bond donors (Lipinski definition) is 0. The highest BCUT2D eigenvalue weighted by Crippen LogP contribution is 2.26. The van der Waals surface area contributed by atoms with Crippen LogP contribution < -0.4 is 0 Å². The van der Waals surface area contributed by atoms with Gasteiger partial charge in [-0.2, -0.15) is 0 Å². The lowest BCUT2D eigenvalue weighted by molar-refractivity contribution is -0.141. The maximum atomic E-state index is 11.9. The van der Waals surface area contributed by atoms with E-state index in [-0.39, 0.29) is 84.8 Å². The van der Waals surface area contributed by atoms with E-state index >= 15 is 0 Å². The Morgan fingerprint density at radius 2 is 1.23 bits per heavy atom. The highest BCUT2D eigenvalue weighted by atomic mass is 16.2. The van der Waals surface area contributed by atoms with Gasteiger partial charge in [-0.05, 0) is 5.92 Å². The molecule has 2 aliphatic heterocycles. The lowest BCUT2D eigenvalue weighted by Crippen LogP contribution is -2.34. The number of carbonyl (C=O) groups excluding carboxylic acids is 6. The molecule has 0 N–H and O–H groups in total. The van der Waals surface area contributed by atoms with E-state index in [1.807, 2.05) is 27.7 Å². The summed E-state index contributed by atoms with van der Waals surface area (Å²) in [6.45, 7) is 11.6. The summed E-state index contributed by atoms with van der Waals surface area (Å²) in [5.74, 6) is -0.839. The van der Waals surface area contributed by atoms with E-state index in [2.05, 4.69) is 0 Å². The Bertz CT molecular complexity index is 748. The lowest BCUT2D eigenvalue weighted by atomic mass is 9.94. The Labute approximate surface area is 184 Å². The predicted octanol–water partition coefficient (Wildman–Crippen LogP) is 2.16. The third-order valence-electron chi connectivity index (χ3n) is 5.44. The molecular formula is C23H34N2O6. The molecule has 8 nitrogen and oxygen atoms in total. The Morgan fingerprint density at radius 3 is 1.58 bits per heavy atom. The maximum Gasteiger partial charge on any atom is 0.253 e. The Kier molecular flexibility index (Phi) is 9.94. The largest absolute Gasteiger partial charge is 0.299 e. The first-order valence-corrected chi connectivity index (χ1v) is 10.8. The van der Waals surface area contributed by atoms with Crippen molar-refractivity contribution in [2.45, 2.75) is 60.8 Å². The first-order chi connectivity index (χ1) is 14.4. The first kappa shape index (κ1) is 26.4. The van der Waals surface area contributed by atoms with Gasteiger partial charge in [-0.25, -0.2) is 0 Å². The zero-order valence-electron chi connectivity index (χ0n) is 19.3. The molecule has 2 rings (SSSR count). The number of carbonyl (C=O) groups is 6. The molecule has 0 aliphatic carbocycles. The van der Waals surface area contributed by atoms with E-state index in [4.69, 9.17) is 0 Å². The molecule has 0 aromatic carbocycles. The van der Waals surface area contributed by atoms with Gasteiger partial charge in [0.2, 0.25) is 11.8 Å². The summed E-state index contributed by atoms with van der Waals surface area (Å²) in [6.07, 6.45) is 3.27. The molecular weight excluding hydrogens is 400 g/mol. The average Bonchev–Trinajstić information content (AvgIpc) is 3.16. The van der Waals surface area contributed by atoms with Crippen LogP contribution in [0, 0.1) is 23.7 Å². The molecule has 2 aliphatic rings. The van der Waals surface area contributed by atoms with E-state index in [0.29, 0.717) is 6.42 Å². The molecule has 0 spiro atoms. The van der Waals surface area contributed by atoms with E-state index in [0.717, 1.165) is 4.90 Å². The number of hydrogen-bond acceptors (Lipinski definition) is 6. The van der Waals surface area contributed by atoms with Crippen LogP contribution in [-0.2, 0) is 28.8 Å². The third kappa shape index (κ3) is 7.52. The summed E-state index contributed by atoms with van der Waals surface area (Å²) in [7, 11) is 0. The van der Waals surface area contributed by atoms with Gasteiger partial charge in [0, 0.05) is 62.3 Å². The van der Waals surface area contributed by atoms with Crippen molar-refractivity contribution in [3.05, 3.63) is 12.2 Å². The van der Waals surface area contributed by atoms with Crippen LogP contribution in [0.3, 0.4) is 0 Å². The highest BCUT2D eigenvalue weighted by Gasteiger charge is 2.39. The van der Waals surface area contributed by atoms with Crippen molar-refractivity contribution in [2.24, 2.45) is 23.7 Å². The van der Waals surface area contributed by atoms with E-state index < -0.39 is 0 Å². The lowest BCUT2D eigenvalue weighted by Gasteiger charge is -2.16. The van der Waals surface area contributed by atoms with Crippen molar-refractivity contribution in [3.8, 4) is 0 Å². The van der Waals surface area contributed by atoms with Crippen molar-refractivity contribution in [1.29, 1.82) is 0 Å². The van der Waals surface area contributed by atoms with E-state index in [9.17, 15) is 28.8 Å². The van der Waals surface area contributed by atoms with Gasteiger partial charge in [0.15, 0.2) is 0 Å². The molecule has 0 radical (unpaired) electrons. The second kappa shape index (κ2) is 11.7. The quantitative estimate of drug-likeness (QED) is 0.515. The summed E-state index contributed by atoms with van der Waals surface area (Å²) in [6, 6.07) is 0. The number of Topliss-reactive ketones (excluding diaryl/α,β-unsaturated/α-hetero) is 2. The van der Waals surface area contributed by atoms with Crippen LogP contribution >= 0.6 is 0 Å². The Morgan fingerprint density at radius 1 is 0.806 bits per heavy atom. The van der Waals surface area contributed by atoms with Crippen molar-refractivity contribution >= 4 is 35.2 Å². The molecule has 1 unspecified atom stereocenters. The van der Waals surface area contributed by atoms with Crippen LogP contribution in [0.4, 0.5) is 0 Å². The second-order valence-corrected chi connectivity index (χ2v) is 8.84. The fourth-order valence-electron chi connectivity index (χ4n) is 3.14. The van der Waals surface area contributed by atoms with E-state index in [1.165, 1.54) is 17.1 Å². The first-order valence-electron chi connectivity index (χ1n) is 10.8. The van der Waals surface area contributed by atoms with Gasteiger partial charge in [0.25, 0.3) is 11.8 Å². The van der Waals surface area contributed by atoms with Gasteiger partial charge >= 0.3 is 0 Å². The van der Waals surface area contributed by atoms with Crippen LogP contribution in [-0.4, -0.2) is 58.1 Å². The predicted molar refractivity (Wildman–Crippen MR) is 114 cm³/mol. The number of ketones is 2. The molecule has 0 bridgehead atoms. The monoisotopic (exact) mass is 434 g/mol. The average molecular weight is 435 g/mol. The van der Waals surface area contributed by atoms with Crippen molar-refractivity contribution in [1.82, 2.24) is 9.80 Å². The van der Waals surface area contributed by atoms with Crippen molar-refractivity contribution < 1.29 is 28.8 Å². The number of nitrogens with zero attached hydrogens (tertiary/aromatic N) is 2. The summed E-state index contributed by atoms with van der Waals surface area (Å²) in [5, 5.41) is 0. The molecule has 2 heterocycles. The molecule has 1 atom stereocenters. The number of rotatable bonds is 9. The molecule has 1 saturated heterocycles. The SMILES string of the molecule is CC(C)C(=O)CCN1C(=O)C=CC1=O.CC(C)C(=O)CCN1C(=O)CC(C(C)C)C1=O. The van der Waals surface area contributed by atoms with Crippen LogP contribution in [0.1, 0.15) is 60.8 Å². The standard InChI is InChI=1S/C13H21NO3.C10H13NO3/c1-8(2)10-7-12(16)14(13(10)17)6-5-11(15)9(3)4;1-7(2)8(12)5-6-11-9(13)3-4-10(11)14/h8-10H,5-7H2,1-4H3;3-4,7H,5-6H2,1-2H3. The fourth-order valence-corrected chi connectivity index (χ4v) is 3.14. The molecule has 0 aromatic heterocycles. The van der Waals surface area contributed by atoms with E-state index in [1.54, 1.807) is 13.8 Å². The smallest absolute Gasteiger partial charge is 0.253 e. The van der Waals surface area contributed by atoms with Crippen LogP contribution in [0.15, 0.2) is 12.2 Å². The third-order valence-corrected chi connectivity index (χ3v) is 5.44.